The molecule has 27 heavy (non-hydrogen) atoms. The summed E-state index contributed by atoms with van der Waals surface area (Å²) in [5, 5.41) is 0.955. The number of likely N-dealkylation sites (tertiary alicyclic amines) is 1. The van der Waals surface area contributed by atoms with Gasteiger partial charge >= 0.3 is 6.09 Å². The van der Waals surface area contributed by atoms with Crippen LogP contribution in [0.2, 0.25) is 10.0 Å². The van der Waals surface area contributed by atoms with Gasteiger partial charge in [-0.3, -0.25) is 0 Å². The Morgan fingerprint density at radius 1 is 1.15 bits per heavy atom. The first-order valence-corrected chi connectivity index (χ1v) is 9.61. The lowest BCUT2D eigenvalue weighted by Gasteiger charge is -2.21. The van der Waals surface area contributed by atoms with Crippen LogP contribution in [0.25, 0.3) is 0 Å². The van der Waals surface area contributed by atoms with Gasteiger partial charge in [0.25, 0.3) is 0 Å². The fourth-order valence-electron chi connectivity index (χ4n) is 2.95. The summed E-state index contributed by atoms with van der Waals surface area (Å²) >= 11 is 11.9. The normalized spacial score (nSPS) is 16.7. The first-order chi connectivity index (χ1) is 13.1. The standard InChI is InChI=1S/C21H21Cl2NO3/c22-19-11-10-18(14-20(19)23)26-13-5-9-17-8-4-12-24(17)21(25)27-15-16-6-2-1-3-7-16/h1-3,5-7,9-11,14,17H,4,8,12-13,15H2/b9-5+. The van der Waals surface area contributed by atoms with E-state index < -0.39 is 0 Å². The molecule has 0 aromatic heterocycles. The summed E-state index contributed by atoms with van der Waals surface area (Å²) in [4.78, 5) is 14.1. The van der Waals surface area contributed by atoms with Gasteiger partial charge in [0.2, 0.25) is 0 Å². The molecule has 0 saturated carbocycles. The molecule has 1 fully saturated rings. The van der Waals surface area contributed by atoms with Gasteiger partial charge in [-0.2, -0.15) is 0 Å². The second-order valence-corrected chi connectivity index (χ2v) is 7.07. The third kappa shape index (κ3) is 5.65. The molecule has 0 bridgehead atoms. The zero-order valence-electron chi connectivity index (χ0n) is 14.8. The summed E-state index contributed by atoms with van der Waals surface area (Å²) < 4.78 is 11.1. The van der Waals surface area contributed by atoms with Crippen LogP contribution in [0.15, 0.2) is 60.7 Å². The van der Waals surface area contributed by atoms with Gasteiger partial charge in [0.05, 0.1) is 16.1 Å². The smallest absolute Gasteiger partial charge is 0.410 e. The molecular formula is C21H21Cl2NO3. The van der Waals surface area contributed by atoms with Gasteiger partial charge < -0.3 is 14.4 Å². The maximum Gasteiger partial charge on any atom is 0.410 e. The number of halogens is 2. The molecule has 1 atom stereocenters. The predicted molar refractivity (Wildman–Crippen MR) is 107 cm³/mol. The topological polar surface area (TPSA) is 38.8 Å². The van der Waals surface area contributed by atoms with E-state index >= 15 is 0 Å². The van der Waals surface area contributed by atoms with E-state index in [1.165, 1.54) is 0 Å². The molecule has 3 rings (SSSR count). The molecule has 1 unspecified atom stereocenters. The van der Waals surface area contributed by atoms with Crippen molar-refractivity contribution in [3.05, 3.63) is 76.3 Å². The van der Waals surface area contributed by atoms with Crippen LogP contribution in [0, 0.1) is 0 Å². The first-order valence-electron chi connectivity index (χ1n) is 8.85. The largest absolute Gasteiger partial charge is 0.489 e. The molecular weight excluding hydrogens is 385 g/mol. The molecule has 142 valence electrons. The van der Waals surface area contributed by atoms with Crippen LogP contribution < -0.4 is 4.74 Å². The molecule has 0 N–H and O–H groups in total. The molecule has 1 aliphatic rings. The van der Waals surface area contributed by atoms with Crippen LogP contribution in [-0.4, -0.2) is 30.2 Å². The molecule has 0 radical (unpaired) electrons. The summed E-state index contributed by atoms with van der Waals surface area (Å²) in [6, 6.07) is 14.9. The third-order valence-corrected chi connectivity index (χ3v) is 5.07. The molecule has 1 aliphatic heterocycles. The van der Waals surface area contributed by atoms with Crippen molar-refractivity contribution in [2.24, 2.45) is 0 Å². The number of rotatable bonds is 6. The van der Waals surface area contributed by atoms with Gasteiger partial charge in [0.1, 0.15) is 19.0 Å². The second kappa shape index (κ2) is 9.67. The van der Waals surface area contributed by atoms with Crippen LogP contribution in [0.5, 0.6) is 5.75 Å². The Kier molecular flexibility index (Phi) is 7.02. The minimum Gasteiger partial charge on any atom is -0.489 e. The van der Waals surface area contributed by atoms with E-state index in [9.17, 15) is 4.79 Å². The highest BCUT2D eigenvalue weighted by atomic mass is 35.5. The van der Waals surface area contributed by atoms with Gasteiger partial charge in [-0.25, -0.2) is 4.79 Å². The van der Waals surface area contributed by atoms with Crippen molar-refractivity contribution >= 4 is 29.3 Å². The number of benzene rings is 2. The maximum absolute atomic E-state index is 12.4. The second-order valence-electron chi connectivity index (χ2n) is 6.26. The summed E-state index contributed by atoms with van der Waals surface area (Å²) in [7, 11) is 0. The fraction of sp³-hybridized carbons (Fsp3) is 0.286. The quantitative estimate of drug-likeness (QED) is 0.575. The van der Waals surface area contributed by atoms with Crippen LogP contribution in [0.3, 0.4) is 0 Å². The van der Waals surface area contributed by atoms with E-state index in [-0.39, 0.29) is 18.7 Å². The Labute approximate surface area is 169 Å². The highest BCUT2D eigenvalue weighted by Crippen LogP contribution is 2.26. The monoisotopic (exact) mass is 405 g/mol. The third-order valence-electron chi connectivity index (χ3n) is 4.33. The van der Waals surface area contributed by atoms with Gasteiger partial charge in [-0.05, 0) is 36.6 Å². The molecule has 0 aliphatic carbocycles. The van der Waals surface area contributed by atoms with Crippen molar-refractivity contribution in [1.29, 1.82) is 0 Å². The van der Waals surface area contributed by atoms with E-state index in [1.807, 2.05) is 42.5 Å². The Morgan fingerprint density at radius 2 is 1.96 bits per heavy atom. The predicted octanol–water partition coefficient (Wildman–Crippen LogP) is 5.73. The van der Waals surface area contributed by atoms with Crippen molar-refractivity contribution < 1.29 is 14.3 Å². The zero-order valence-corrected chi connectivity index (χ0v) is 16.3. The van der Waals surface area contributed by atoms with Crippen LogP contribution >= 0.6 is 23.2 Å². The first kappa shape index (κ1) is 19.6. The Balaban J connectivity index is 1.47. The highest BCUT2D eigenvalue weighted by Gasteiger charge is 2.27. The Morgan fingerprint density at radius 3 is 2.74 bits per heavy atom. The van der Waals surface area contributed by atoms with Crippen molar-refractivity contribution in [2.75, 3.05) is 13.2 Å². The summed E-state index contributed by atoms with van der Waals surface area (Å²) in [6.45, 7) is 1.38. The molecule has 4 nitrogen and oxygen atoms in total. The number of carbonyl (C=O) groups is 1. The number of carbonyl (C=O) groups excluding carboxylic acids is 1. The van der Waals surface area contributed by atoms with Gasteiger partial charge in [-0.15, -0.1) is 0 Å². The minimum absolute atomic E-state index is 0.0330. The van der Waals surface area contributed by atoms with Gasteiger partial charge in [0.15, 0.2) is 0 Å². The SMILES string of the molecule is O=C(OCc1ccccc1)N1CCCC1/C=C/COc1ccc(Cl)c(Cl)c1. The molecule has 1 saturated heterocycles. The van der Waals surface area contributed by atoms with E-state index in [2.05, 4.69) is 0 Å². The molecule has 1 heterocycles. The van der Waals surface area contributed by atoms with Crippen LogP contribution in [-0.2, 0) is 11.3 Å². The van der Waals surface area contributed by atoms with Crippen molar-refractivity contribution in [3.63, 3.8) is 0 Å². The zero-order chi connectivity index (χ0) is 19.1. The lowest BCUT2D eigenvalue weighted by molar-refractivity contribution is 0.0974. The summed E-state index contributed by atoms with van der Waals surface area (Å²) in [6.07, 6.45) is 5.51. The molecule has 2 aromatic carbocycles. The maximum atomic E-state index is 12.4. The van der Waals surface area contributed by atoms with Crippen LogP contribution in [0.4, 0.5) is 4.79 Å². The highest BCUT2D eigenvalue weighted by molar-refractivity contribution is 6.42. The molecule has 1 amide bonds. The van der Waals surface area contributed by atoms with E-state index in [0.717, 1.165) is 18.4 Å². The lowest BCUT2D eigenvalue weighted by Crippen LogP contribution is -2.34. The number of amides is 1. The van der Waals surface area contributed by atoms with E-state index in [4.69, 9.17) is 32.7 Å². The number of hydrogen-bond acceptors (Lipinski definition) is 3. The minimum atomic E-state index is -0.281. The fourth-order valence-corrected chi connectivity index (χ4v) is 3.23. The molecule has 0 spiro atoms. The van der Waals surface area contributed by atoms with Crippen molar-refractivity contribution in [2.45, 2.75) is 25.5 Å². The summed E-state index contributed by atoms with van der Waals surface area (Å²) in [5.74, 6) is 0.652. The van der Waals surface area contributed by atoms with E-state index in [1.54, 1.807) is 23.1 Å². The summed E-state index contributed by atoms with van der Waals surface area (Å²) in [5.41, 5.74) is 0.979. The van der Waals surface area contributed by atoms with Crippen LogP contribution in [0.1, 0.15) is 18.4 Å². The Hall–Kier alpha value is -2.17. The van der Waals surface area contributed by atoms with E-state index in [0.29, 0.717) is 28.9 Å². The number of ether oxygens (including phenoxy) is 2. The molecule has 2 aromatic rings. The van der Waals surface area contributed by atoms with Crippen molar-refractivity contribution in [3.8, 4) is 5.75 Å². The van der Waals surface area contributed by atoms with Gasteiger partial charge in [-0.1, -0.05) is 59.6 Å². The van der Waals surface area contributed by atoms with Gasteiger partial charge in [0, 0.05) is 12.6 Å². The van der Waals surface area contributed by atoms with Crippen molar-refractivity contribution in [1.82, 2.24) is 4.90 Å². The Bertz CT molecular complexity index is 795. The molecule has 6 heteroatoms. The average Bonchev–Trinajstić information content (AvgIpc) is 3.15. The lowest BCUT2D eigenvalue weighted by atomic mass is 10.2. The number of nitrogens with zero attached hydrogens (tertiary/aromatic N) is 1. The average molecular weight is 406 g/mol. The number of hydrogen-bond donors (Lipinski definition) is 0.